The molecule has 9 heteroatoms. The summed E-state index contributed by atoms with van der Waals surface area (Å²) in [5.41, 5.74) is 0. The van der Waals surface area contributed by atoms with Gasteiger partial charge in [0.1, 0.15) is 24.4 Å². The first-order valence-corrected chi connectivity index (χ1v) is 38.1. The van der Waals surface area contributed by atoms with E-state index in [-0.39, 0.29) is 12.5 Å². The van der Waals surface area contributed by atoms with Gasteiger partial charge in [0.05, 0.1) is 25.4 Å². The Balaban J connectivity index is 2.04. The fourth-order valence-corrected chi connectivity index (χ4v) is 12.6. The molecule has 0 aromatic heterocycles. The largest absolute Gasteiger partial charge is 0.394 e. The average molecular weight is 1200 g/mol. The van der Waals surface area contributed by atoms with E-state index >= 15 is 0 Å². The van der Waals surface area contributed by atoms with Crippen molar-refractivity contribution in [2.75, 3.05) is 13.2 Å². The highest BCUT2D eigenvalue weighted by molar-refractivity contribution is 5.76. The molecule has 1 heterocycles. The fraction of sp³-hybridized carbons (Fsp3) is 0.934. The topological polar surface area (TPSA) is 149 Å². The molecule has 1 fully saturated rings. The van der Waals surface area contributed by atoms with Crippen LogP contribution in [-0.4, -0.2) is 87.5 Å². The third-order valence-electron chi connectivity index (χ3n) is 18.5. The summed E-state index contributed by atoms with van der Waals surface area (Å²) in [7, 11) is 0. The average Bonchev–Trinajstić information content (AvgIpc) is 3.70. The number of nitrogens with one attached hydrogen (secondary N) is 1. The van der Waals surface area contributed by atoms with Crippen LogP contribution >= 0.6 is 0 Å². The smallest absolute Gasteiger partial charge is 0.220 e. The lowest BCUT2D eigenvalue weighted by Crippen LogP contribution is -2.60. The molecule has 0 aliphatic carbocycles. The van der Waals surface area contributed by atoms with Crippen LogP contribution in [0.4, 0.5) is 0 Å². The van der Waals surface area contributed by atoms with Gasteiger partial charge in [-0.25, -0.2) is 0 Å². The van der Waals surface area contributed by atoms with Crippen molar-refractivity contribution in [2.45, 2.75) is 442 Å². The van der Waals surface area contributed by atoms with Crippen LogP contribution in [0.1, 0.15) is 399 Å². The molecule has 1 amide bonds. The molecule has 1 rings (SSSR count). The molecule has 7 unspecified atom stereocenters. The fourth-order valence-electron chi connectivity index (χ4n) is 12.6. The molecule has 0 spiro atoms. The molecule has 0 aromatic rings. The Hall–Kier alpha value is -1.33. The van der Waals surface area contributed by atoms with Crippen LogP contribution in [0.25, 0.3) is 0 Å². The van der Waals surface area contributed by atoms with E-state index in [0.717, 1.165) is 38.5 Å². The second kappa shape index (κ2) is 65.6. The van der Waals surface area contributed by atoms with Crippen LogP contribution in [-0.2, 0) is 14.3 Å². The number of aliphatic hydroxyl groups excluding tert-OH is 5. The van der Waals surface area contributed by atoms with E-state index in [9.17, 15) is 30.3 Å². The van der Waals surface area contributed by atoms with Gasteiger partial charge >= 0.3 is 0 Å². The second-order valence-corrected chi connectivity index (χ2v) is 26.8. The van der Waals surface area contributed by atoms with Crippen molar-refractivity contribution in [2.24, 2.45) is 0 Å². The molecule has 85 heavy (non-hydrogen) atoms. The van der Waals surface area contributed by atoms with E-state index in [2.05, 4.69) is 31.3 Å². The Labute approximate surface area is 528 Å². The van der Waals surface area contributed by atoms with Crippen LogP contribution < -0.4 is 5.32 Å². The first-order valence-electron chi connectivity index (χ1n) is 38.1. The molecule has 0 saturated carbocycles. The van der Waals surface area contributed by atoms with E-state index in [0.29, 0.717) is 6.42 Å². The predicted octanol–water partition coefficient (Wildman–Crippen LogP) is 21.2. The first kappa shape index (κ1) is 81.7. The van der Waals surface area contributed by atoms with Crippen molar-refractivity contribution >= 4 is 5.91 Å². The summed E-state index contributed by atoms with van der Waals surface area (Å²) in [6.07, 6.45) is 80.5. The van der Waals surface area contributed by atoms with Gasteiger partial charge in [-0.1, -0.05) is 385 Å². The minimum Gasteiger partial charge on any atom is -0.394 e. The molecule has 0 aromatic carbocycles. The van der Waals surface area contributed by atoms with Crippen molar-refractivity contribution in [1.29, 1.82) is 0 Å². The number of amides is 1. The number of unbranched alkanes of at least 4 members (excludes halogenated alkanes) is 56. The molecule has 0 radical (unpaired) electrons. The zero-order valence-electron chi connectivity index (χ0n) is 56.7. The van der Waals surface area contributed by atoms with Crippen LogP contribution in [0.2, 0.25) is 0 Å². The summed E-state index contributed by atoms with van der Waals surface area (Å²) in [4.78, 5) is 13.1. The highest BCUT2D eigenvalue weighted by atomic mass is 16.7. The molecule has 1 aliphatic rings. The van der Waals surface area contributed by atoms with Gasteiger partial charge in [0.25, 0.3) is 0 Å². The summed E-state index contributed by atoms with van der Waals surface area (Å²) >= 11 is 0. The summed E-state index contributed by atoms with van der Waals surface area (Å²) in [6.45, 7) is 3.83. The lowest BCUT2D eigenvalue weighted by molar-refractivity contribution is -0.302. The zero-order chi connectivity index (χ0) is 61.4. The number of carbonyl (C=O) groups is 1. The summed E-state index contributed by atoms with van der Waals surface area (Å²) in [5.74, 6) is -0.177. The van der Waals surface area contributed by atoms with Gasteiger partial charge in [-0.3, -0.25) is 4.79 Å². The van der Waals surface area contributed by atoms with Crippen LogP contribution in [0.3, 0.4) is 0 Å². The molecule has 6 N–H and O–H groups in total. The molecule has 7 atom stereocenters. The van der Waals surface area contributed by atoms with Crippen molar-refractivity contribution < 1.29 is 39.8 Å². The summed E-state index contributed by atoms with van der Waals surface area (Å²) in [6, 6.07) is -0.820. The molecule has 9 nitrogen and oxygen atoms in total. The first-order chi connectivity index (χ1) is 41.8. The van der Waals surface area contributed by atoms with Gasteiger partial charge in [0.15, 0.2) is 6.29 Å². The Kier molecular flexibility index (Phi) is 63.1. The van der Waals surface area contributed by atoms with Gasteiger partial charge in [-0.05, 0) is 32.1 Å². The lowest BCUT2D eigenvalue weighted by atomic mass is 9.99. The molecule has 0 bridgehead atoms. The Bertz CT molecular complexity index is 1390. The van der Waals surface area contributed by atoms with E-state index < -0.39 is 49.5 Å². The van der Waals surface area contributed by atoms with Crippen molar-refractivity contribution in [3.63, 3.8) is 0 Å². The highest BCUT2D eigenvalue weighted by Crippen LogP contribution is 2.24. The number of rotatable bonds is 68. The Morgan fingerprint density at radius 1 is 0.388 bits per heavy atom. The van der Waals surface area contributed by atoms with Gasteiger partial charge in [0.2, 0.25) is 5.91 Å². The lowest BCUT2D eigenvalue weighted by Gasteiger charge is -2.40. The van der Waals surface area contributed by atoms with Crippen LogP contribution in [0.15, 0.2) is 24.3 Å². The van der Waals surface area contributed by atoms with Crippen LogP contribution in [0, 0.1) is 0 Å². The van der Waals surface area contributed by atoms with Gasteiger partial charge in [0, 0.05) is 6.42 Å². The third-order valence-corrected chi connectivity index (χ3v) is 18.5. The van der Waals surface area contributed by atoms with Crippen molar-refractivity contribution in [3.05, 3.63) is 24.3 Å². The third kappa shape index (κ3) is 54.2. The monoisotopic (exact) mass is 1200 g/mol. The summed E-state index contributed by atoms with van der Waals surface area (Å²) in [5, 5.41) is 54.8. The number of hydrogen-bond donors (Lipinski definition) is 6. The molecular formula is C76H147NO8. The maximum absolute atomic E-state index is 13.1. The van der Waals surface area contributed by atoms with E-state index in [1.165, 1.54) is 340 Å². The van der Waals surface area contributed by atoms with Crippen molar-refractivity contribution in [1.82, 2.24) is 5.32 Å². The van der Waals surface area contributed by atoms with E-state index in [4.69, 9.17) is 9.47 Å². The standard InChI is InChI=1S/C76H147NO8/c1-3-5-7-9-11-13-15-17-19-21-23-25-27-28-29-30-31-32-33-34-35-36-37-38-39-40-41-42-43-44-46-48-50-52-54-56-58-60-62-64-66-72(80)77-69(68-84-76-75(83)74(82)73(81)71(67-78)85-76)70(79)65-63-61-59-57-55-53-51-49-47-45-26-24-22-20-18-16-14-12-10-8-6-4-2/h55,57,63,65,69-71,73-76,78-79,81-83H,3-54,56,58-62,64,66-68H2,1-2H3,(H,77,80)/b57-55+,65-63+. The minimum atomic E-state index is -1.57. The normalized spacial score (nSPS) is 18.1. The SMILES string of the molecule is CCCCCCCCCCCCCCCCCC/C=C/CC/C=C/C(O)C(COC1OC(CO)C(O)C(O)C1O)NC(=O)CCCCCCCCCCCCCCCCCCCCCCCCCCCCCCCCCCCCCCCCCC. The van der Waals surface area contributed by atoms with Crippen LogP contribution in [0.5, 0.6) is 0 Å². The molecular weight excluding hydrogens is 1050 g/mol. The highest BCUT2D eigenvalue weighted by Gasteiger charge is 2.44. The van der Waals surface area contributed by atoms with E-state index in [1.54, 1.807) is 6.08 Å². The van der Waals surface area contributed by atoms with Gasteiger partial charge in [-0.2, -0.15) is 0 Å². The Morgan fingerprint density at radius 2 is 0.671 bits per heavy atom. The summed E-state index contributed by atoms with van der Waals surface area (Å²) < 4.78 is 11.3. The number of hydrogen-bond acceptors (Lipinski definition) is 8. The number of allylic oxidation sites excluding steroid dienone is 3. The second-order valence-electron chi connectivity index (χ2n) is 26.8. The van der Waals surface area contributed by atoms with Crippen molar-refractivity contribution in [3.8, 4) is 0 Å². The Morgan fingerprint density at radius 3 is 0.988 bits per heavy atom. The minimum absolute atomic E-state index is 0.177. The number of ether oxygens (including phenoxy) is 2. The number of aliphatic hydroxyl groups is 5. The number of carbonyl (C=O) groups excluding carboxylic acids is 1. The predicted molar refractivity (Wildman–Crippen MR) is 364 cm³/mol. The van der Waals surface area contributed by atoms with Gasteiger partial charge in [-0.15, -0.1) is 0 Å². The zero-order valence-corrected chi connectivity index (χ0v) is 56.7. The van der Waals surface area contributed by atoms with E-state index in [1.807, 2.05) is 6.08 Å². The van der Waals surface area contributed by atoms with Gasteiger partial charge < -0.3 is 40.3 Å². The maximum atomic E-state index is 13.1. The maximum Gasteiger partial charge on any atom is 0.220 e. The molecule has 504 valence electrons. The quantitative estimate of drug-likeness (QED) is 0.0261. The molecule has 1 saturated heterocycles. The molecule has 1 aliphatic heterocycles.